The minimum Gasteiger partial charge on any atom is -0.446 e. The molecule has 0 radical (unpaired) electrons. The molecule has 1 fully saturated rings. The van der Waals surface area contributed by atoms with E-state index in [0.717, 1.165) is 19.3 Å². The molecule has 4 heteroatoms. The van der Waals surface area contributed by atoms with E-state index in [4.69, 9.17) is 4.74 Å². The number of nitrogens with zero attached hydrogens (tertiary/aromatic N) is 1. The molecule has 1 aliphatic rings. The maximum atomic E-state index is 11.7. The Bertz CT molecular complexity index is 265. The highest BCUT2D eigenvalue weighted by Gasteiger charge is 2.34. The van der Waals surface area contributed by atoms with Gasteiger partial charge in [-0.3, -0.25) is 4.79 Å². The fourth-order valence-corrected chi connectivity index (χ4v) is 1.88. The van der Waals surface area contributed by atoms with Gasteiger partial charge in [0, 0.05) is 13.0 Å². The van der Waals surface area contributed by atoms with Crippen molar-refractivity contribution in [2.24, 2.45) is 5.92 Å². The normalized spacial score (nSPS) is 22.3. The Hall–Kier alpha value is -1.06. The van der Waals surface area contributed by atoms with E-state index in [1.807, 2.05) is 13.8 Å². The number of hydrogen-bond acceptors (Lipinski definition) is 3. The highest BCUT2D eigenvalue weighted by Crippen LogP contribution is 2.23. The topological polar surface area (TPSA) is 46.6 Å². The molecule has 1 heterocycles. The van der Waals surface area contributed by atoms with Gasteiger partial charge in [0.25, 0.3) is 0 Å². The molecule has 0 bridgehead atoms. The van der Waals surface area contributed by atoms with Crippen LogP contribution in [0.2, 0.25) is 0 Å². The number of carbonyl (C=O) groups excluding carboxylic acids is 2. The average Bonchev–Trinajstić information content (AvgIpc) is 2.60. The van der Waals surface area contributed by atoms with Crippen molar-refractivity contribution in [2.75, 3.05) is 6.54 Å². The van der Waals surface area contributed by atoms with E-state index in [-0.39, 0.29) is 12.0 Å². The van der Waals surface area contributed by atoms with Crippen LogP contribution in [0.15, 0.2) is 0 Å². The second-order valence-electron chi connectivity index (χ2n) is 4.47. The first-order valence-corrected chi connectivity index (χ1v) is 6.09. The first kappa shape index (κ1) is 13.0. The van der Waals surface area contributed by atoms with E-state index >= 15 is 0 Å². The van der Waals surface area contributed by atoms with Crippen LogP contribution in [0, 0.1) is 5.92 Å². The van der Waals surface area contributed by atoms with Gasteiger partial charge in [0.1, 0.15) is 6.10 Å². The Labute approximate surface area is 96.9 Å². The molecule has 4 nitrogen and oxygen atoms in total. The highest BCUT2D eigenvalue weighted by atomic mass is 16.6. The minimum absolute atomic E-state index is 0.0910. The van der Waals surface area contributed by atoms with E-state index in [1.165, 1.54) is 4.90 Å². The zero-order chi connectivity index (χ0) is 12.1. The zero-order valence-electron chi connectivity index (χ0n) is 10.4. The van der Waals surface area contributed by atoms with Crippen LogP contribution >= 0.6 is 0 Å². The standard InChI is InChI=1S/C12H21NO3/c1-4-6-10-7-11(14)13(8-10)12(15)16-9(3)5-2/h9-10H,4-8H2,1-3H3. The largest absolute Gasteiger partial charge is 0.446 e. The number of imide groups is 1. The highest BCUT2D eigenvalue weighted by molar-refractivity contribution is 5.93. The lowest BCUT2D eigenvalue weighted by Crippen LogP contribution is -2.34. The van der Waals surface area contributed by atoms with Crippen LogP contribution in [0.5, 0.6) is 0 Å². The quantitative estimate of drug-likeness (QED) is 0.741. The van der Waals surface area contributed by atoms with Crippen molar-refractivity contribution in [1.82, 2.24) is 4.90 Å². The molecule has 92 valence electrons. The summed E-state index contributed by atoms with van der Waals surface area (Å²) >= 11 is 0. The molecule has 0 aromatic carbocycles. The number of carbonyl (C=O) groups is 2. The van der Waals surface area contributed by atoms with Crippen LogP contribution in [0.1, 0.15) is 46.5 Å². The van der Waals surface area contributed by atoms with E-state index in [2.05, 4.69) is 6.92 Å². The lowest BCUT2D eigenvalue weighted by Gasteiger charge is -2.17. The minimum atomic E-state index is -0.474. The van der Waals surface area contributed by atoms with E-state index in [1.54, 1.807) is 0 Å². The number of amides is 2. The lowest BCUT2D eigenvalue weighted by molar-refractivity contribution is -0.126. The van der Waals surface area contributed by atoms with Crippen LogP contribution in [-0.2, 0) is 9.53 Å². The first-order valence-electron chi connectivity index (χ1n) is 6.09. The van der Waals surface area contributed by atoms with Crippen molar-refractivity contribution in [2.45, 2.75) is 52.6 Å². The number of hydrogen-bond donors (Lipinski definition) is 0. The molecule has 0 saturated carbocycles. The Morgan fingerprint density at radius 3 is 2.81 bits per heavy atom. The Kier molecular flexibility index (Phi) is 4.77. The summed E-state index contributed by atoms with van der Waals surface area (Å²) in [4.78, 5) is 24.5. The second kappa shape index (κ2) is 5.87. The number of likely N-dealkylation sites (tertiary alicyclic amines) is 1. The van der Waals surface area contributed by atoms with Crippen LogP contribution < -0.4 is 0 Å². The van der Waals surface area contributed by atoms with Gasteiger partial charge in [0.2, 0.25) is 5.91 Å². The summed E-state index contributed by atoms with van der Waals surface area (Å²) in [5.41, 5.74) is 0. The van der Waals surface area contributed by atoms with E-state index in [9.17, 15) is 9.59 Å². The fourth-order valence-electron chi connectivity index (χ4n) is 1.88. The van der Waals surface area contributed by atoms with Crippen molar-refractivity contribution >= 4 is 12.0 Å². The van der Waals surface area contributed by atoms with Gasteiger partial charge in [-0.05, 0) is 25.7 Å². The maximum Gasteiger partial charge on any atom is 0.416 e. The monoisotopic (exact) mass is 227 g/mol. The molecule has 0 N–H and O–H groups in total. The van der Waals surface area contributed by atoms with Crippen LogP contribution in [0.25, 0.3) is 0 Å². The SMILES string of the molecule is CCCC1CC(=O)N(C(=O)OC(C)CC)C1. The lowest BCUT2D eigenvalue weighted by atomic mass is 10.0. The van der Waals surface area contributed by atoms with Gasteiger partial charge >= 0.3 is 6.09 Å². The summed E-state index contributed by atoms with van der Waals surface area (Å²) in [6.45, 7) is 6.40. The van der Waals surface area contributed by atoms with E-state index < -0.39 is 6.09 Å². The number of rotatable bonds is 4. The van der Waals surface area contributed by atoms with Gasteiger partial charge < -0.3 is 4.74 Å². The first-order chi connectivity index (χ1) is 7.58. The van der Waals surface area contributed by atoms with Crippen LogP contribution in [-0.4, -0.2) is 29.5 Å². The summed E-state index contributed by atoms with van der Waals surface area (Å²) in [5.74, 6) is 0.230. The van der Waals surface area contributed by atoms with Crippen molar-refractivity contribution < 1.29 is 14.3 Å². The molecule has 1 aliphatic heterocycles. The predicted octanol–water partition coefficient (Wildman–Crippen LogP) is 2.57. The van der Waals surface area contributed by atoms with Crippen LogP contribution in [0.4, 0.5) is 4.79 Å². The van der Waals surface area contributed by atoms with Crippen molar-refractivity contribution in [3.05, 3.63) is 0 Å². The Balaban J connectivity index is 2.48. The molecule has 0 aromatic heterocycles. The second-order valence-corrected chi connectivity index (χ2v) is 4.47. The summed E-state index contributed by atoms with van der Waals surface area (Å²) in [6.07, 6.45) is 2.71. The molecule has 1 saturated heterocycles. The van der Waals surface area contributed by atoms with Gasteiger partial charge in [-0.15, -0.1) is 0 Å². The third-order valence-electron chi connectivity index (χ3n) is 3.00. The molecule has 2 amide bonds. The van der Waals surface area contributed by atoms with Gasteiger partial charge in [-0.2, -0.15) is 0 Å². The Morgan fingerprint density at radius 1 is 1.56 bits per heavy atom. The smallest absolute Gasteiger partial charge is 0.416 e. The summed E-state index contributed by atoms with van der Waals surface area (Å²) in [6, 6.07) is 0. The van der Waals surface area contributed by atoms with Gasteiger partial charge in [-0.25, -0.2) is 9.69 Å². The third kappa shape index (κ3) is 3.22. The van der Waals surface area contributed by atoms with Crippen molar-refractivity contribution in [3.8, 4) is 0 Å². The third-order valence-corrected chi connectivity index (χ3v) is 3.00. The maximum absolute atomic E-state index is 11.7. The molecule has 1 rings (SSSR count). The number of ether oxygens (including phenoxy) is 1. The molecule has 2 unspecified atom stereocenters. The molecule has 2 atom stereocenters. The molecular formula is C12H21NO3. The molecule has 16 heavy (non-hydrogen) atoms. The molecule has 0 aliphatic carbocycles. The molecule has 0 aromatic rings. The fraction of sp³-hybridized carbons (Fsp3) is 0.833. The summed E-state index contributed by atoms with van der Waals surface area (Å²) in [7, 11) is 0. The predicted molar refractivity (Wildman–Crippen MR) is 61.0 cm³/mol. The summed E-state index contributed by atoms with van der Waals surface area (Å²) < 4.78 is 5.15. The molecular weight excluding hydrogens is 206 g/mol. The molecule has 0 spiro atoms. The zero-order valence-corrected chi connectivity index (χ0v) is 10.4. The summed E-state index contributed by atoms with van der Waals surface area (Å²) in [5, 5.41) is 0. The van der Waals surface area contributed by atoms with Crippen molar-refractivity contribution in [3.63, 3.8) is 0 Å². The van der Waals surface area contributed by atoms with Gasteiger partial charge in [0.15, 0.2) is 0 Å². The van der Waals surface area contributed by atoms with Crippen LogP contribution in [0.3, 0.4) is 0 Å². The van der Waals surface area contributed by atoms with Crippen molar-refractivity contribution in [1.29, 1.82) is 0 Å². The average molecular weight is 227 g/mol. The van der Waals surface area contributed by atoms with E-state index in [0.29, 0.717) is 18.9 Å². The Morgan fingerprint density at radius 2 is 2.25 bits per heavy atom. The van der Waals surface area contributed by atoms with Gasteiger partial charge in [0.05, 0.1) is 0 Å². The van der Waals surface area contributed by atoms with Gasteiger partial charge in [-0.1, -0.05) is 20.3 Å².